The smallest absolute Gasteiger partial charge is 0.311 e. The molecule has 0 aliphatic carbocycles. The highest BCUT2D eigenvalue weighted by atomic mass is 16.6. The Morgan fingerprint density at radius 2 is 1.67 bits per heavy atom. The number of nitro groups is 1. The Balaban J connectivity index is 2.16. The van der Waals surface area contributed by atoms with Gasteiger partial charge in [-0.15, -0.1) is 0 Å². The standard InChI is InChI=1S/C19H28N2O6/c1-27-17-12-11-15(14-16(17)21(25)26)19(24)20-13-9-7-5-3-2-4-6-8-10-18(22)23/h11-12,14H,2-10,13H2,1H3,(H,20,24)(H,22,23). The van der Waals surface area contributed by atoms with E-state index in [1.54, 1.807) is 0 Å². The predicted molar refractivity (Wildman–Crippen MR) is 101 cm³/mol. The molecule has 150 valence electrons. The van der Waals surface area contributed by atoms with Crippen LogP contribution in [0.4, 0.5) is 5.69 Å². The minimum atomic E-state index is -0.735. The second-order valence-electron chi connectivity index (χ2n) is 6.37. The molecule has 0 aliphatic heterocycles. The minimum absolute atomic E-state index is 0.125. The molecule has 1 rings (SSSR count). The number of methoxy groups -OCH3 is 1. The lowest BCUT2D eigenvalue weighted by molar-refractivity contribution is -0.385. The monoisotopic (exact) mass is 380 g/mol. The molecule has 8 heteroatoms. The SMILES string of the molecule is COc1ccc(C(=O)NCCCCCCCCCCC(=O)O)cc1[N+](=O)[O-]. The summed E-state index contributed by atoms with van der Waals surface area (Å²) in [7, 11) is 1.35. The zero-order valence-electron chi connectivity index (χ0n) is 15.7. The van der Waals surface area contributed by atoms with Crippen molar-refractivity contribution < 1.29 is 24.4 Å². The minimum Gasteiger partial charge on any atom is -0.490 e. The third-order valence-corrected chi connectivity index (χ3v) is 4.24. The second-order valence-corrected chi connectivity index (χ2v) is 6.37. The van der Waals surface area contributed by atoms with E-state index >= 15 is 0 Å². The molecule has 0 bridgehead atoms. The lowest BCUT2D eigenvalue weighted by Gasteiger charge is -2.07. The van der Waals surface area contributed by atoms with E-state index in [0.717, 1.165) is 51.4 Å². The summed E-state index contributed by atoms with van der Waals surface area (Å²) in [6.45, 7) is 0.525. The number of nitrogens with zero attached hydrogens (tertiary/aromatic N) is 1. The summed E-state index contributed by atoms with van der Waals surface area (Å²) in [4.78, 5) is 32.9. The van der Waals surface area contributed by atoms with Gasteiger partial charge in [0.25, 0.3) is 5.91 Å². The van der Waals surface area contributed by atoms with Gasteiger partial charge in [-0.05, 0) is 25.0 Å². The highest BCUT2D eigenvalue weighted by Gasteiger charge is 2.17. The first-order chi connectivity index (χ1) is 13.0. The summed E-state index contributed by atoms with van der Waals surface area (Å²) in [5, 5.41) is 22.3. The summed E-state index contributed by atoms with van der Waals surface area (Å²) >= 11 is 0. The first-order valence-corrected chi connectivity index (χ1v) is 9.28. The number of ether oxygens (including phenoxy) is 1. The molecule has 0 aromatic heterocycles. The summed E-state index contributed by atoms with van der Waals surface area (Å²) in [5.74, 6) is -0.944. The number of hydrogen-bond acceptors (Lipinski definition) is 5. The van der Waals surface area contributed by atoms with Gasteiger partial charge in [0, 0.05) is 24.6 Å². The lowest BCUT2D eigenvalue weighted by atomic mass is 10.1. The number of rotatable bonds is 14. The largest absolute Gasteiger partial charge is 0.490 e. The number of aliphatic carboxylic acids is 1. The normalized spacial score (nSPS) is 10.4. The molecular weight excluding hydrogens is 352 g/mol. The van der Waals surface area contributed by atoms with Crippen molar-refractivity contribution in [2.45, 2.75) is 57.8 Å². The zero-order chi connectivity index (χ0) is 20.1. The van der Waals surface area contributed by atoms with Gasteiger partial charge >= 0.3 is 11.7 Å². The topological polar surface area (TPSA) is 119 Å². The maximum absolute atomic E-state index is 12.1. The van der Waals surface area contributed by atoms with Crippen LogP contribution in [0.25, 0.3) is 0 Å². The Morgan fingerprint density at radius 3 is 2.22 bits per heavy atom. The molecule has 0 saturated heterocycles. The summed E-state index contributed by atoms with van der Waals surface area (Å²) < 4.78 is 4.92. The molecule has 0 unspecified atom stereocenters. The Bertz CT molecular complexity index is 633. The third-order valence-electron chi connectivity index (χ3n) is 4.24. The van der Waals surface area contributed by atoms with Gasteiger partial charge in [-0.3, -0.25) is 19.7 Å². The second kappa shape index (κ2) is 12.7. The Labute approximate surface area is 159 Å². The van der Waals surface area contributed by atoms with Gasteiger partial charge in [0.15, 0.2) is 5.75 Å². The average Bonchev–Trinajstić information content (AvgIpc) is 2.64. The van der Waals surface area contributed by atoms with E-state index in [0.29, 0.717) is 6.54 Å². The van der Waals surface area contributed by atoms with Crippen LogP contribution < -0.4 is 10.1 Å². The van der Waals surface area contributed by atoms with E-state index in [1.807, 2.05) is 0 Å². The summed E-state index contributed by atoms with van der Waals surface area (Å²) in [6.07, 6.45) is 8.12. The molecule has 27 heavy (non-hydrogen) atoms. The fraction of sp³-hybridized carbons (Fsp3) is 0.579. The molecule has 0 heterocycles. The van der Waals surface area contributed by atoms with E-state index in [-0.39, 0.29) is 29.3 Å². The van der Waals surface area contributed by atoms with Gasteiger partial charge in [-0.1, -0.05) is 38.5 Å². The van der Waals surface area contributed by atoms with Gasteiger partial charge in [-0.25, -0.2) is 0 Å². The van der Waals surface area contributed by atoms with E-state index < -0.39 is 10.9 Å². The van der Waals surface area contributed by atoms with Crippen molar-refractivity contribution in [2.75, 3.05) is 13.7 Å². The first-order valence-electron chi connectivity index (χ1n) is 9.28. The molecule has 0 saturated carbocycles. The maximum atomic E-state index is 12.1. The maximum Gasteiger partial charge on any atom is 0.311 e. The summed E-state index contributed by atoms with van der Waals surface area (Å²) in [5.41, 5.74) is 0.0114. The molecule has 8 nitrogen and oxygen atoms in total. The van der Waals surface area contributed by atoms with Gasteiger partial charge in [0.1, 0.15) is 0 Å². The summed E-state index contributed by atoms with van der Waals surface area (Å²) in [6, 6.07) is 4.15. The van der Waals surface area contributed by atoms with Crippen molar-refractivity contribution in [3.63, 3.8) is 0 Å². The van der Waals surface area contributed by atoms with Crippen molar-refractivity contribution in [2.24, 2.45) is 0 Å². The van der Waals surface area contributed by atoms with Crippen LogP contribution in [0.5, 0.6) is 5.75 Å². The fourth-order valence-corrected chi connectivity index (χ4v) is 2.74. The molecule has 0 fully saturated rings. The molecular formula is C19H28N2O6. The third kappa shape index (κ3) is 9.03. The Morgan fingerprint density at radius 1 is 1.07 bits per heavy atom. The number of carbonyl (C=O) groups excluding carboxylic acids is 1. The van der Waals surface area contributed by atoms with Gasteiger partial charge < -0.3 is 15.2 Å². The number of carbonyl (C=O) groups is 2. The number of nitro benzene ring substituents is 1. The Kier molecular flexibility index (Phi) is 10.5. The predicted octanol–water partition coefficient (Wildman–Crippen LogP) is 3.93. The molecule has 0 radical (unpaired) electrons. The number of nitrogens with one attached hydrogen (secondary N) is 1. The van der Waals surface area contributed by atoms with E-state index in [1.165, 1.54) is 25.3 Å². The van der Waals surface area contributed by atoms with Crippen LogP contribution in [-0.4, -0.2) is 35.6 Å². The molecule has 0 aliphatic rings. The Hall–Kier alpha value is -2.64. The average molecular weight is 380 g/mol. The fourth-order valence-electron chi connectivity index (χ4n) is 2.74. The van der Waals surface area contributed by atoms with E-state index in [4.69, 9.17) is 9.84 Å². The van der Waals surface area contributed by atoms with Gasteiger partial charge in [0.2, 0.25) is 0 Å². The van der Waals surface area contributed by atoms with Crippen molar-refractivity contribution in [1.82, 2.24) is 5.32 Å². The number of unbranched alkanes of at least 4 members (excludes halogenated alkanes) is 7. The molecule has 0 atom stereocenters. The number of benzene rings is 1. The van der Waals surface area contributed by atoms with Gasteiger partial charge in [0.05, 0.1) is 12.0 Å². The first kappa shape index (κ1) is 22.4. The van der Waals surface area contributed by atoms with Crippen molar-refractivity contribution in [3.8, 4) is 5.75 Å². The molecule has 0 spiro atoms. The molecule has 1 aromatic rings. The number of amides is 1. The van der Waals surface area contributed by atoms with Crippen LogP contribution in [0.2, 0.25) is 0 Å². The molecule has 1 amide bonds. The molecule has 1 aromatic carbocycles. The van der Waals surface area contributed by atoms with Crippen molar-refractivity contribution in [3.05, 3.63) is 33.9 Å². The van der Waals surface area contributed by atoms with Crippen LogP contribution in [0.3, 0.4) is 0 Å². The van der Waals surface area contributed by atoms with Crippen LogP contribution in [0.15, 0.2) is 18.2 Å². The number of hydrogen-bond donors (Lipinski definition) is 2. The van der Waals surface area contributed by atoms with Crippen LogP contribution in [-0.2, 0) is 4.79 Å². The quantitative estimate of drug-likeness (QED) is 0.287. The zero-order valence-corrected chi connectivity index (χ0v) is 15.7. The van der Waals surface area contributed by atoms with Crippen molar-refractivity contribution in [1.29, 1.82) is 0 Å². The van der Waals surface area contributed by atoms with E-state index in [9.17, 15) is 19.7 Å². The van der Waals surface area contributed by atoms with Crippen LogP contribution >= 0.6 is 0 Å². The number of carboxylic acid groups (broad SMARTS) is 1. The lowest BCUT2D eigenvalue weighted by Crippen LogP contribution is -2.24. The molecule has 2 N–H and O–H groups in total. The highest BCUT2D eigenvalue weighted by Crippen LogP contribution is 2.27. The van der Waals surface area contributed by atoms with E-state index in [2.05, 4.69) is 5.32 Å². The highest BCUT2D eigenvalue weighted by molar-refractivity contribution is 5.95. The van der Waals surface area contributed by atoms with Crippen LogP contribution in [0, 0.1) is 10.1 Å². The number of carboxylic acids is 1. The van der Waals surface area contributed by atoms with Crippen LogP contribution in [0.1, 0.15) is 68.1 Å². The van der Waals surface area contributed by atoms with Crippen molar-refractivity contribution >= 4 is 17.6 Å². The van der Waals surface area contributed by atoms with Gasteiger partial charge in [-0.2, -0.15) is 0 Å².